The minimum absolute atomic E-state index is 0.845. The van der Waals surface area contributed by atoms with Gasteiger partial charge in [-0.05, 0) is 22.3 Å². The fourth-order valence-corrected chi connectivity index (χ4v) is 3.63. The van der Waals surface area contributed by atoms with Crippen LogP contribution in [0.2, 0.25) is 0 Å². The molecule has 4 nitrogen and oxygen atoms in total. The van der Waals surface area contributed by atoms with Crippen molar-refractivity contribution in [2.45, 2.75) is 11.1 Å². The van der Waals surface area contributed by atoms with Gasteiger partial charge >= 0.3 is 0 Å². The van der Waals surface area contributed by atoms with Gasteiger partial charge in [-0.15, -0.1) is 0 Å². The summed E-state index contributed by atoms with van der Waals surface area (Å²) in [6, 6.07) is 0. The first-order chi connectivity index (χ1) is 9.79. The highest BCUT2D eigenvalue weighted by molar-refractivity contribution is 5.78. The van der Waals surface area contributed by atoms with E-state index in [2.05, 4.69) is 9.98 Å². The Hall–Kier alpha value is -2.80. The van der Waals surface area contributed by atoms with Crippen LogP contribution in [0.4, 0.5) is 0 Å². The fourth-order valence-electron chi connectivity index (χ4n) is 3.63. The van der Waals surface area contributed by atoms with Gasteiger partial charge in [-0.3, -0.25) is 0 Å². The van der Waals surface area contributed by atoms with E-state index in [0.717, 1.165) is 22.3 Å². The van der Waals surface area contributed by atoms with Gasteiger partial charge in [0.25, 0.3) is 0 Å². The summed E-state index contributed by atoms with van der Waals surface area (Å²) >= 11 is 0. The van der Waals surface area contributed by atoms with Crippen molar-refractivity contribution in [2.24, 2.45) is 9.98 Å². The fraction of sp³-hybridized carbons (Fsp3) is 0.125. The number of isocyanates is 2. The van der Waals surface area contributed by atoms with E-state index in [0.29, 0.717) is 0 Å². The molecule has 0 amide bonds. The topological polar surface area (TPSA) is 58.9 Å². The van der Waals surface area contributed by atoms with Gasteiger partial charge < -0.3 is 0 Å². The molecule has 4 aliphatic carbocycles. The third-order valence-corrected chi connectivity index (χ3v) is 4.39. The molecule has 0 saturated heterocycles. The van der Waals surface area contributed by atoms with Crippen LogP contribution >= 0.6 is 0 Å². The molecule has 0 N–H and O–H groups in total. The molecule has 0 aromatic heterocycles. The lowest BCUT2D eigenvalue weighted by molar-refractivity contribution is 0.435. The smallest absolute Gasteiger partial charge is 0.211 e. The van der Waals surface area contributed by atoms with E-state index in [1.165, 1.54) is 0 Å². The van der Waals surface area contributed by atoms with Crippen molar-refractivity contribution in [2.75, 3.05) is 0 Å². The zero-order chi connectivity index (χ0) is 13.8. The molecule has 0 saturated carbocycles. The van der Waals surface area contributed by atoms with Crippen LogP contribution < -0.4 is 0 Å². The standard InChI is InChI=1S/C16H8N2O2/c19-9-17-15(11-1-2-12(15)4-3-11)16(18-10-20)13-5-6-14(16)8-7-13/h1-8H. The minimum atomic E-state index is -1.01. The monoisotopic (exact) mass is 260 g/mol. The molecule has 0 radical (unpaired) electrons. The Kier molecular flexibility index (Phi) is 1.88. The Morgan fingerprint density at radius 1 is 0.650 bits per heavy atom. The number of hydrogen-bond donors (Lipinski definition) is 0. The van der Waals surface area contributed by atoms with Gasteiger partial charge in [0, 0.05) is 0 Å². The zero-order valence-electron chi connectivity index (χ0n) is 10.3. The molecule has 4 rings (SSSR count). The van der Waals surface area contributed by atoms with E-state index < -0.39 is 11.1 Å². The molecule has 94 valence electrons. The van der Waals surface area contributed by atoms with E-state index >= 15 is 0 Å². The molecule has 4 bridgehead atoms. The van der Waals surface area contributed by atoms with Crippen LogP contribution in [0.3, 0.4) is 0 Å². The van der Waals surface area contributed by atoms with Crippen molar-refractivity contribution in [1.82, 2.24) is 0 Å². The summed E-state index contributed by atoms with van der Waals surface area (Å²) in [6.45, 7) is 0. The Morgan fingerprint density at radius 2 is 0.950 bits per heavy atom. The second-order valence-corrected chi connectivity index (χ2v) is 4.98. The molecule has 0 aliphatic heterocycles. The molecule has 0 aromatic rings. The molecule has 0 aromatic carbocycles. The van der Waals surface area contributed by atoms with Crippen molar-refractivity contribution in [3.8, 4) is 0 Å². The highest BCUT2D eigenvalue weighted by Crippen LogP contribution is 2.59. The van der Waals surface area contributed by atoms with Crippen LogP contribution in [0, 0.1) is 0 Å². The van der Waals surface area contributed by atoms with Crippen LogP contribution in [-0.2, 0) is 9.59 Å². The predicted octanol–water partition coefficient (Wildman–Crippen LogP) is 2.01. The van der Waals surface area contributed by atoms with Crippen LogP contribution in [0.25, 0.3) is 0 Å². The predicted molar refractivity (Wildman–Crippen MR) is 72.3 cm³/mol. The average Bonchev–Trinajstić information content (AvgIpc) is 3.20. The zero-order valence-corrected chi connectivity index (χ0v) is 10.3. The molecule has 0 spiro atoms. The van der Waals surface area contributed by atoms with Gasteiger partial charge in [0.1, 0.15) is 0 Å². The summed E-state index contributed by atoms with van der Waals surface area (Å²) in [4.78, 5) is 30.3. The second kappa shape index (κ2) is 3.40. The number of rotatable bonds is 3. The largest absolute Gasteiger partial charge is 0.236 e. The first-order valence-electron chi connectivity index (χ1n) is 6.20. The minimum Gasteiger partial charge on any atom is -0.211 e. The lowest BCUT2D eigenvalue weighted by Crippen LogP contribution is -2.51. The van der Waals surface area contributed by atoms with E-state index in [1.54, 1.807) is 12.2 Å². The molecule has 20 heavy (non-hydrogen) atoms. The number of allylic oxidation sites excluding steroid dienone is 4. The summed E-state index contributed by atoms with van der Waals surface area (Å²) in [5.74, 6) is 0. The molecular weight excluding hydrogens is 252 g/mol. The molecular formula is C16H8N2O2. The van der Waals surface area contributed by atoms with Gasteiger partial charge in [-0.25, -0.2) is 9.59 Å². The average molecular weight is 260 g/mol. The SMILES string of the molecule is O=C=NC1(C2(N=C=O)C3=CC=C2C=C3)C2=CC=C1C=C2. The second-order valence-electron chi connectivity index (χ2n) is 4.98. The maximum Gasteiger partial charge on any atom is 0.236 e. The highest BCUT2D eigenvalue weighted by Gasteiger charge is 2.64. The number of nitrogens with zero attached hydrogens (tertiary/aromatic N) is 2. The van der Waals surface area contributed by atoms with E-state index in [9.17, 15) is 9.59 Å². The molecule has 0 unspecified atom stereocenters. The van der Waals surface area contributed by atoms with Crippen molar-refractivity contribution >= 4 is 12.2 Å². The van der Waals surface area contributed by atoms with Crippen molar-refractivity contribution in [3.63, 3.8) is 0 Å². The molecule has 4 aliphatic rings. The first kappa shape index (κ1) is 11.1. The third-order valence-electron chi connectivity index (χ3n) is 4.39. The van der Waals surface area contributed by atoms with Crippen LogP contribution in [-0.4, -0.2) is 23.2 Å². The molecule has 4 heteroatoms. The molecule has 0 atom stereocenters. The van der Waals surface area contributed by atoms with Gasteiger partial charge in [0.15, 0.2) is 11.1 Å². The Labute approximate surface area is 114 Å². The highest BCUT2D eigenvalue weighted by atomic mass is 16.1. The summed E-state index contributed by atoms with van der Waals surface area (Å²) in [6.07, 6.45) is 18.5. The van der Waals surface area contributed by atoms with Gasteiger partial charge in [0.05, 0.1) is 0 Å². The van der Waals surface area contributed by atoms with Gasteiger partial charge in [-0.2, -0.15) is 9.98 Å². The molecule has 0 fully saturated rings. The summed E-state index contributed by atoms with van der Waals surface area (Å²) in [5, 5.41) is 0. The van der Waals surface area contributed by atoms with Gasteiger partial charge in [0.2, 0.25) is 12.2 Å². The van der Waals surface area contributed by atoms with Crippen LogP contribution in [0.1, 0.15) is 0 Å². The normalized spacial score (nSPS) is 24.6. The van der Waals surface area contributed by atoms with E-state index in [-0.39, 0.29) is 0 Å². The lowest BCUT2D eigenvalue weighted by atomic mass is 9.69. The van der Waals surface area contributed by atoms with Crippen molar-refractivity contribution in [1.29, 1.82) is 0 Å². The number of hydrogen-bond acceptors (Lipinski definition) is 4. The van der Waals surface area contributed by atoms with Crippen molar-refractivity contribution in [3.05, 3.63) is 70.9 Å². The number of carbonyl (C=O) groups excluding carboxylic acids is 2. The summed E-state index contributed by atoms with van der Waals surface area (Å²) < 4.78 is 0. The lowest BCUT2D eigenvalue weighted by Gasteiger charge is -2.39. The Bertz CT molecular complexity index is 707. The van der Waals surface area contributed by atoms with Crippen molar-refractivity contribution < 1.29 is 9.59 Å². The Morgan fingerprint density at radius 3 is 1.15 bits per heavy atom. The number of fused-ring (bicyclic) bond motifs is 5. The maximum atomic E-state index is 11.0. The van der Waals surface area contributed by atoms with Gasteiger partial charge in [-0.1, -0.05) is 48.6 Å². The maximum absolute atomic E-state index is 11.0. The quantitative estimate of drug-likeness (QED) is 0.575. The third kappa shape index (κ3) is 0.905. The first-order valence-corrected chi connectivity index (χ1v) is 6.20. The Balaban J connectivity index is 2.09. The van der Waals surface area contributed by atoms with Crippen LogP contribution in [0.15, 0.2) is 80.9 Å². The number of aliphatic imine (C=N–C) groups is 2. The van der Waals surface area contributed by atoms with E-state index in [1.807, 2.05) is 48.6 Å². The summed E-state index contributed by atoms with van der Waals surface area (Å²) in [5.41, 5.74) is 1.36. The summed E-state index contributed by atoms with van der Waals surface area (Å²) in [7, 11) is 0. The van der Waals surface area contributed by atoms with Crippen LogP contribution in [0.5, 0.6) is 0 Å². The molecule has 0 heterocycles. The van der Waals surface area contributed by atoms with E-state index in [4.69, 9.17) is 0 Å².